The van der Waals surface area contributed by atoms with Crippen LogP contribution in [0.3, 0.4) is 0 Å². The third kappa shape index (κ3) is 3.88. The van der Waals surface area contributed by atoms with E-state index in [-0.39, 0.29) is 11.7 Å². The number of carbonyl (C=O) groups is 1. The van der Waals surface area contributed by atoms with Crippen molar-refractivity contribution in [2.45, 2.75) is 20.3 Å². The van der Waals surface area contributed by atoms with Crippen LogP contribution in [0.4, 0.5) is 5.69 Å². The minimum absolute atomic E-state index is 0.0860. The standard InChI is InChI=1S/C17H19N3O4S2/c1-3-9-26(22,23)19-13-7-5-12(6-8-13)14-10-20-15(16(21)24-4-2)11-25-17(20)18-14/h5-8,10-11,19H,3-4,9H2,1-2H3. The molecule has 0 unspecified atom stereocenters. The third-order valence-electron chi connectivity index (χ3n) is 3.62. The first-order valence-corrected chi connectivity index (χ1v) is 10.7. The van der Waals surface area contributed by atoms with Crippen LogP contribution in [0.2, 0.25) is 0 Å². The quantitative estimate of drug-likeness (QED) is 0.622. The number of imidazole rings is 1. The smallest absolute Gasteiger partial charge is 0.356 e. The second-order valence-corrected chi connectivity index (χ2v) is 8.30. The Hall–Kier alpha value is -2.39. The van der Waals surface area contributed by atoms with Crippen LogP contribution in [0.5, 0.6) is 0 Å². The van der Waals surface area contributed by atoms with Gasteiger partial charge in [0.05, 0.1) is 18.1 Å². The zero-order valence-corrected chi connectivity index (χ0v) is 16.1. The first-order chi connectivity index (χ1) is 12.4. The molecule has 0 aliphatic carbocycles. The van der Waals surface area contributed by atoms with Crippen molar-refractivity contribution in [2.75, 3.05) is 17.1 Å². The molecule has 7 nitrogen and oxygen atoms in total. The number of ether oxygens (including phenoxy) is 1. The largest absolute Gasteiger partial charge is 0.461 e. The molecule has 0 aliphatic heterocycles. The number of hydrogen-bond acceptors (Lipinski definition) is 6. The summed E-state index contributed by atoms with van der Waals surface area (Å²) in [7, 11) is -3.31. The highest BCUT2D eigenvalue weighted by Crippen LogP contribution is 2.25. The summed E-state index contributed by atoms with van der Waals surface area (Å²) in [6.45, 7) is 3.89. The summed E-state index contributed by atoms with van der Waals surface area (Å²) in [6, 6.07) is 6.98. The molecule has 2 aromatic heterocycles. The number of benzene rings is 1. The van der Waals surface area contributed by atoms with Crippen LogP contribution >= 0.6 is 11.3 Å². The molecule has 2 heterocycles. The highest BCUT2D eigenvalue weighted by molar-refractivity contribution is 7.92. The van der Waals surface area contributed by atoms with Crippen molar-refractivity contribution in [3.63, 3.8) is 0 Å². The molecule has 3 rings (SSSR count). The van der Waals surface area contributed by atoms with Crippen LogP contribution in [-0.2, 0) is 14.8 Å². The minimum atomic E-state index is -3.31. The van der Waals surface area contributed by atoms with E-state index in [1.807, 2.05) is 6.92 Å². The van der Waals surface area contributed by atoms with Gasteiger partial charge >= 0.3 is 5.97 Å². The Labute approximate surface area is 155 Å². The average molecular weight is 393 g/mol. The Kier molecular flexibility index (Phi) is 5.28. The molecule has 26 heavy (non-hydrogen) atoms. The van der Waals surface area contributed by atoms with E-state index in [4.69, 9.17) is 4.74 Å². The van der Waals surface area contributed by atoms with E-state index in [2.05, 4.69) is 9.71 Å². The maximum atomic E-state index is 12.0. The monoisotopic (exact) mass is 393 g/mol. The van der Waals surface area contributed by atoms with Gasteiger partial charge in [-0.15, -0.1) is 11.3 Å². The number of thiazole rings is 1. The lowest BCUT2D eigenvalue weighted by Crippen LogP contribution is -2.15. The fourth-order valence-corrected chi connectivity index (χ4v) is 4.46. The van der Waals surface area contributed by atoms with Crippen LogP contribution in [0, 0.1) is 0 Å². The number of anilines is 1. The van der Waals surface area contributed by atoms with Crippen LogP contribution in [-0.4, -0.2) is 36.1 Å². The lowest BCUT2D eigenvalue weighted by molar-refractivity contribution is 0.0518. The summed E-state index contributed by atoms with van der Waals surface area (Å²) in [5, 5.41) is 1.72. The second-order valence-electron chi connectivity index (χ2n) is 5.62. The molecule has 0 bridgehead atoms. The number of nitrogens with zero attached hydrogens (tertiary/aromatic N) is 2. The molecule has 0 saturated carbocycles. The van der Waals surface area contributed by atoms with Crippen molar-refractivity contribution in [1.29, 1.82) is 0 Å². The molecule has 9 heteroatoms. The lowest BCUT2D eigenvalue weighted by atomic mass is 10.1. The lowest BCUT2D eigenvalue weighted by Gasteiger charge is -2.07. The molecule has 1 aromatic carbocycles. The van der Waals surface area contributed by atoms with Gasteiger partial charge in [0.1, 0.15) is 5.69 Å². The zero-order chi connectivity index (χ0) is 18.7. The Bertz CT molecular complexity index is 1020. The van der Waals surface area contributed by atoms with Crippen LogP contribution < -0.4 is 4.72 Å². The molecule has 0 atom stereocenters. The van der Waals surface area contributed by atoms with Crippen molar-refractivity contribution in [2.24, 2.45) is 0 Å². The molecule has 3 aromatic rings. The van der Waals surface area contributed by atoms with Crippen molar-refractivity contribution in [3.8, 4) is 11.3 Å². The molecule has 0 fully saturated rings. The topological polar surface area (TPSA) is 89.8 Å². The number of rotatable bonds is 7. The van der Waals surface area contributed by atoms with Gasteiger partial charge in [0.2, 0.25) is 10.0 Å². The average Bonchev–Trinajstić information content (AvgIpc) is 3.15. The van der Waals surface area contributed by atoms with E-state index in [1.54, 1.807) is 47.2 Å². The first kappa shape index (κ1) is 18.4. The van der Waals surface area contributed by atoms with E-state index in [9.17, 15) is 13.2 Å². The number of fused-ring (bicyclic) bond motifs is 1. The Balaban J connectivity index is 1.84. The molecule has 0 radical (unpaired) electrons. The van der Waals surface area contributed by atoms with Gasteiger partial charge in [-0.3, -0.25) is 9.12 Å². The van der Waals surface area contributed by atoms with Crippen molar-refractivity contribution in [3.05, 3.63) is 41.5 Å². The third-order valence-corrected chi connectivity index (χ3v) is 5.95. The van der Waals surface area contributed by atoms with Gasteiger partial charge in [0, 0.05) is 22.8 Å². The van der Waals surface area contributed by atoms with E-state index < -0.39 is 10.0 Å². The summed E-state index contributed by atoms with van der Waals surface area (Å²) in [5.74, 6) is -0.300. The molecule has 0 amide bonds. The summed E-state index contributed by atoms with van der Waals surface area (Å²) in [5.41, 5.74) is 2.48. The SMILES string of the molecule is CCCS(=O)(=O)Nc1ccc(-c2cn3c(C(=O)OCC)csc3n2)cc1. The van der Waals surface area contributed by atoms with Crippen LogP contribution in [0.25, 0.3) is 16.2 Å². The van der Waals surface area contributed by atoms with Gasteiger partial charge in [0.15, 0.2) is 4.96 Å². The summed E-state index contributed by atoms with van der Waals surface area (Å²) < 4.78 is 32.9. The predicted octanol–water partition coefficient (Wildman–Crippen LogP) is 3.39. The summed E-state index contributed by atoms with van der Waals surface area (Å²) >= 11 is 1.36. The number of aromatic nitrogens is 2. The van der Waals surface area contributed by atoms with E-state index >= 15 is 0 Å². The molecule has 0 saturated heterocycles. The van der Waals surface area contributed by atoms with Crippen molar-refractivity contribution < 1.29 is 17.9 Å². The number of carbonyl (C=O) groups excluding carboxylic acids is 1. The highest BCUT2D eigenvalue weighted by atomic mass is 32.2. The van der Waals surface area contributed by atoms with E-state index in [0.29, 0.717) is 35.1 Å². The molecule has 1 N–H and O–H groups in total. The Morgan fingerprint density at radius 3 is 2.65 bits per heavy atom. The maximum Gasteiger partial charge on any atom is 0.356 e. The van der Waals surface area contributed by atoms with Crippen molar-refractivity contribution >= 4 is 38.0 Å². The van der Waals surface area contributed by atoms with Gasteiger partial charge in [-0.05, 0) is 25.5 Å². The van der Waals surface area contributed by atoms with E-state index in [0.717, 1.165) is 5.56 Å². The number of sulfonamides is 1. The minimum Gasteiger partial charge on any atom is -0.461 e. The molecular formula is C17H19N3O4S2. The normalized spacial score (nSPS) is 11.6. The van der Waals surface area contributed by atoms with Gasteiger partial charge < -0.3 is 4.74 Å². The zero-order valence-electron chi connectivity index (χ0n) is 14.4. The van der Waals surface area contributed by atoms with Crippen LogP contribution in [0.1, 0.15) is 30.8 Å². The van der Waals surface area contributed by atoms with Crippen molar-refractivity contribution in [1.82, 2.24) is 9.38 Å². The maximum absolute atomic E-state index is 12.0. The van der Waals surface area contributed by atoms with Gasteiger partial charge in [0.25, 0.3) is 0 Å². The molecule has 0 aliphatic rings. The van der Waals surface area contributed by atoms with Gasteiger partial charge in [-0.25, -0.2) is 18.2 Å². The Morgan fingerprint density at radius 1 is 1.27 bits per heavy atom. The number of esters is 1. The predicted molar refractivity (Wildman–Crippen MR) is 102 cm³/mol. The number of nitrogens with one attached hydrogen (secondary N) is 1. The fraction of sp³-hybridized carbons (Fsp3) is 0.294. The summed E-state index contributed by atoms with van der Waals surface area (Å²) in [6.07, 6.45) is 2.33. The molecule has 138 valence electrons. The fourth-order valence-electron chi connectivity index (χ4n) is 2.48. The highest BCUT2D eigenvalue weighted by Gasteiger charge is 2.16. The molecule has 0 spiro atoms. The molecular weight excluding hydrogens is 374 g/mol. The first-order valence-electron chi connectivity index (χ1n) is 8.18. The Morgan fingerprint density at radius 2 is 2.00 bits per heavy atom. The number of hydrogen-bond donors (Lipinski definition) is 1. The second kappa shape index (κ2) is 7.46. The summed E-state index contributed by atoms with van der Waals surface area (Å²) in [4.78, 5) is 17.2. The van der Waals surface area contributed by atoms with E-state index in [1.165, 1.54) is 11.3 Å². The van der Waals surface area contributed by atoms with Gasteiger partial charge in [-0.1, -0.05) is 19.1 Å². The van der Waals surface area contributed by atoms with Gasteiger partial charge in [-0.2, -0.15) is 0 Å². The van der Waals surface area contributed by atoms with Crippen LogP contribution in [0.15, 0.2) is 35.8 Å².